The predicted molar refractivity (Wildman–Crippen MR) is 95.6 cm³/mol. The molecule has 1 fully saturated rings. The van der Waals surface area contributed by atoms with E-state index in [9.17, 15) is 4.79 Å². The van der Waals surface area contributed by atoms with Gasteiger partial charge in [0.15, 0.2) is 0 Å². The van der Waals surface area contributed by atoms with Crippen LogP contribution >= 0.6 is 0 Å². The van der Waals surface area contributed by atoms with Gasteiger partial charge in [0.05, 0.1) is 5.54 Å². The Balaban J connectivity index is 2.86. The molecule has 0 heterocycles. The topological polar surface area (TPSA) is 29.1 Å². The number of amides is 1. The highest BCUT2D eigenvalue weighted by atomic mass is 16.1. The first-order valence-electron chi connectivity index (χ1n) is 8.95. The van der Waals surface area contributed by atoms with E-state index in [2.05, 4.69) is 58.7 Å². The van der Waals surface area contributed by atoms with E-state index < -0.39 is 0 Å². The van der Waals surface area contributed by atoms with Crippen molar-refractivity contribution in [1.29, 1.82) is 0 Å². The summed E-state index contributed by atoms with van der Waals surface area (Å²) in [6.45, 7) is 14.9. The summed E-state index contributed by atoms with van der Waals surface area (Å²) in [7, 11) is 0. The summed E-state index contributed by atoms with van der Waals surface area (Å²) in [6, 6.07) is 0. The van der Waals surface area contributed by atoms with Crippen LogP contribution in [0.2, 0.25) is 0 Å². The van der Waals surface area contributed by atoms with Gasteiger partial charge < -0.3 is 5.32 Å². The molecule has 0 bridgehead atoms. The molecule has 0 saturated heterocycles. The Morgan fingerprint density at radius 2 is 2.09 bits per heavy atom. The number of rotatable bonds is 7. The van der Waals surface area contributed by atoms with E-state index in [0.29, 0.717) is 5.92 Å². The molecule has 1 rings (SSSR count). The Bertz CT molecular complexity index is 399. The number of carbonyl (C=O) groups is 1. The van der Waals surface area contributed by atoms with Crippen LogP contribution in [0, 0.1) is 23.7 Å². The largest absolute Gasteiger partial charge is 0.344 e. The van der Waals surface area contributed by atoms with E-state index in [1.165, 1.54) is 25.3 Å². The monoisotopic (exact) mass is 305 g/mol. The average Bonchev–Trinajstić information content (AvgIpc) is 2.45. The van der Waals surface area contributed by atoms with E-state index in [0.717, 1.165) is 30.6 Å². The van der Waals surface area contributed by atoms with Crippen LogP contribution in [0.15, 0.2) is 24.8 Å². The fourth-order valence-electron chi connectivity index (χ4n) is 3.87. The van der Waals surface area contributed by atoms with E-state index >= 15 is 0 Å². The number of carbonyl (C=O) groups excluding carboxylic acids is 1. The lowest BCUT2D eigenvalue weighted by Crippen LogP contribution is -2.43. The van der Waals surface area contributed by atoms with Crippen LogP contribution in [0.3, 0.4) is 0 Å². The summed E-state index contributed by atoms with van der Waals surface area (Å²) in [5, 5.41) is 3.10. The van der Waals surface area contributed by atoms with Crippen molar-refractivity contribution in [3.05, 3.63) is 24.8 Å². The highest BCUT2D eigenvalue weighted by molar-refractivity contribution is 5.87. The van der Waals surface area contributed by atoms with E-state index in [1.807, 2.05) is 0 Å². The first-order valence-corrected chi connectivity index (χ1v) is 8.95. The van der Waals surface area contributed by atoms with Gasteiger partial charge in [0.25, 0.3) is 0 Å². The summed E-state index contributed by atoms with van der Waals surface area (Å²) in [6.07, 6.45) is 12.0. The van der Waals surface area contributed by atoms with Crippen molar-refractivity contribution in [1.82, 2.24) is 5.32 Å². The quantitative estimate of drug-likeness (QED) is 0.514. The van der Waals surface area contributed by atoms with Crippen molar-refractivity contribution in [2.45, 2.75) is 72.3 Å². The summed E-state index contributed by atoms with van der Waals surface area (Å²) < 4.78 is 0. The third kappa shape index (κ3) is 5.62. The number of allylic oxidation sites excluding steroid dienone is 1. The zero-order valence-electron chi connectivity index (χ0n) is 15.2. The lowest BCUT2D eigenvalue weighted by Gasteiger charge is -2.36. The van der Waals surface area contributed by atoms with E-state index in [4.69, 9.17) is 0 Å². The fraction of sp³-hybridized carbons (Fsp3) is 0.750. The molecule has 1 N–H and O–H groups in total. The summed E-state index contributed by atoms with van der Waals surface area (Å²) in [5.41, 5.74) is -0.262. The molecule has 1 aliphatic rings. The molecule has 1 amide bonds. The molecular weight excluding hydrogens is 270 g/mol. The Morgan fingerprint density at radius 1 is 1.41 bits per heavy atom. The zero-order chi connectivity index (χ0) is 16.8. The van der Waals surface area contributed by atoms with Gasteiger partial charge in [-0.25, -0.2) is 0 Å². The molecule has 4 atom stereocenters. The zero-order valence-corrected chi connectivity index (χ0v) is 15.2. The molecule has 0 spiro atoms. The fourth-order valence-corrected chi connectivity index (χ4v) is 3.87. The molecule has 0 unspecified atom stereocenters. The predicted octanol–water partition coefficient (Wildman–Crippen LogP) is 5.11. The molecule has 0 aromatic rings. The van der Waals surface area contributed by atoms with Crippen molar-refractivity contribution in [2.75, 3.05) is 0 Å². The van der Waals surface area contributed by atoms with Gasteiger partial charge in [-0.15, -0.1) is 0 Å². The Morgan fingerprint density at radius 3 is 2.64 bits per heavy atom. The van der Waals surface area contributed by atoms with Crippen molar-refractivity contribution < 1.29 is 4.79 Å². The SMILES string of the molecule is C=CC(=O)N[C@@](C)(C=C[C@@H]1C[C@H](C)CC[C@H]1C(C)C)CCC. The second kappa shape index (κ2) is 8.55. The molecule has 22 heavy (non-hydrogen) atoms. The maximum atomic E-state index is 11.7. The Kier molecular flexibility index (Phi) is 7.38. The van der Waals surface area contributed by atoms with Crippen LogP contribution in [-0.4, -0.2) is 11.4 Å². The Hall–Kier alpha value is -1.05. The third-order valence-corrected chi connectivity index (χ3v) is 5.15. The summed E-state index contributed by atoms with van der Waals surface area (Å²) in [5.74, 6) is 2.86. The molecule has 1 aliphatic carbocycles. The maximum absolute atomic E-state index is 11.7. The third-order valence-electron chi connectivity index (χ3n) is 5.15. The minimum absolute atomic E-state index is 0.0852. The van der Waals surface area contributed by atoms with Gasteiger partial charge >= 0.3 is 0 Å². The molecule has 0 radical (unpaired) electrons. The highest BCUT2D eigenvalue weighted by Gasteiger charge is 2.30. The van der Waals surface area contributed by atoms with Crippen LogP contribution in [0.25, 0.3) is 0 Å². The molecule has 2 nitrogen and oxygen atoms in total. The molecule has 0 aliphatic heterocycles. The first kappa shape index (κ1) is 19.0. The van der Waals surface area contributed by atoms with Gasteiger partial charge in [-0.2, -0.15) is 0 Å². The first-order chi connectivity index (χ1) is 10.3. The molecule has 0 aromatic heterocycles. The van der Waals surface area contributed by atoms with Crippen molar-refractivity contribution in [3.8, 4) is 0 Å². The van der Waals surface area contributed by atoms with Crippen LogP contribution < -0.4 is 5.32 Å². The minimum atomic E-state index is -0.262. The van der Waals surface area contributed by atoms with Crippen LogP contribution in [-0.2, 0) is 4.79 Å². The van der Waals surface area contributed by atoms with E-state index in [-0.39, 0.29) is 11.4 Å². The maximum Gasteiger partial charge on any atom is 0.244 e. The van der Waals surface area contributed by atoms with E-state index in [1.54, 1.807) is 0 Å². The summed E-state index contributed by atoms with van der Waals surface area (Å²) in [4.78, 5) is 11.7. The van der Waals surface area contributed by atoms with Crippen LogP contribution in [0.5, 0.6) is 0 Å². The summed E-state index contributed by atoms with van der Waals surface area (Å²) >= 11 is 0. The van der Waals surface area contributed by atoms with Gasteiger partial charge in [0.2, 0.25) is 5.91 Å². The molecule has 2 heteroatoms. The average molecular weight is 306 g/mol. The molecule has 1 saturated carbocycles. The lowest BCUT2D eigenvalue weighted by molar-refractivity contribution is -0.117. The highest BCUT2D eigenvalue weighted by Crippen LogP contribution is 2.39. The van der Waals surface area contributed by atoms with Gasteiger partial charge in [-0.1, -0.05) is 59.3 Å². The molecular formula is C20H35NO. The minimum Gasteiger partial charge on any atom is -0.344 e. The normalized spacial score (nSPS) is 28.5. The van der Waals surface area contributed by atoms with Crippen molar-refractivity contribution >= 4 is 5.91 Å². The van der Waals surface area contributed by atoms with Crippen molar-refractivity contribution in [2.24, 2.45) is 23.7 Å². The van der Waals surface area contributed by atoms with Crippen LogP contribution in [0.4, 0.5) is 0 Å². The van der Waals surface area contributed by atoms with Gasteiger partial charge in [0.1, 0.15) is 0 Å². The van der Waals surface area contributed by atoms with Crippen LogP contribution in [0.1, 0.15) is 66.7 Å². The standard InChI is InChI=1S/C20H35NO/c1-7-12-20(6,21-19(22)8-2)13-11-17-14-16(5)9-10-18(17)15(3)4/h8,11,13,15-18H,2,7,9-10,12,14H2,1,3-6H3,(H,21,22)/t16-,17-,18+,20-/m1/s1. The van der Waals surface area contributed by atoms with Gasteiger partial charge in [0, 0.05) is 0 Å². The lowest BCUT2D eigenvalue weighted by atomic mass is 9.69. The second-order valence-electron chi connectivity index (χ2n) is 7.71. The van der Waals surface area contributed by atoms with Crippen molar-refractivity contribution in [3.63, 3.8) is 0 Å². The molecule has 126 valence electrons. The smallest absolute Gasteiger partial charge is 0.244 e. The Labute approximate surface area is 137 Å². The number of hydrogen-bond donors (Lipinski definition) is 1. The second-order valence-corrected chi connectivity index (χ2v) is 7.71. The molecule has 0 aromatic carbocycles. The van der Waals surface area contributed by atoms with Gasteiger partial charge in [-0.05, 0) is 55.9 Å². The number of nitrogens with one attached hydrogen (secondary N) is 1. The van der Waals surface area contributed by atoms with Gasteiger partial charge in [-0.3, -0.25) is 4.79 Å². The number of hydrogen-bond acceptors (Lipinski definition) is 1.